The third kappa shape index (κ3) is 2.97. The molecule has 3 rings (SSSR count). The fourth-order valence-corrected chi connectivity index (χ4v) is 2.91. The second-order valence-corrected chi connectivity index (χ2v) is 5.97. The maximum atomic E-state index is 14.0. The van der Waals surface area contributed by atoms with Crippen LogP contribution in [0, 0.1) is 31.0 Å². The molecule has 0 spiro atoms. The molecule has 0 unspecified atom stereocenters. The Hall–Kier alpha value is -2.84. The molecule has 1 heterocycles. The van der Waals surface area contributed by atoms with Crippen LogP contribution < -0.4 is 4.74 Å². The Kier molecular flexibility index (Phi) is 4.47. The van der Waals surface area contributed by atoms with Crippen LogP contribution in [0.3, 0.4) is 0 Å². The van der Waals surface area contributed by atoms with E-state index in [0.717, 1.165) is 17.0 Å². The normalized spacial score (nSPS) is 10.6. The first-order valence-corrected chi connectivity index (χ1v) is 7.94. The zero-order valence-corrected chi connectivity index (χ0v) is 14.7. The summed E-state index contributed by atoms with van der Waals surface area (Å²) in [7, 11) is 1.61. The van der Waals surface area contributed by atoms with Gasteiger partial charge >= 0.3 is 0 Å². The molecule has 1 aromatic heterocycles. The summed E-state index contributed by atoms with van der Waals surface area (Å²) in [6.45, 7) is 3.72. The van der Waals surface area contributed by atoms with Crippen LogP contribution in [0.25, 0.3) is 17.1 Å². The number of hydrogen-bond acceptors (Lipinski definition) is 3. The maximum absolute atomic E-state index is 14.0. The van der Waals surface area contributed by atoms with Crippen molar-refractivity contribution in [1.29, 1.82) is 5.26 Å². The van der Waals surface area contributed by atoms with E-state index in [1.165, 1.54) is 12.1 Å². The molecule has 0 N–H and O–H groups in total. The van der Waals surface area contributed by atoms with E-state index in [4.69, 9.17) is 21.6 Å². The standard InChI is InChI=1S/C19H15ClFN3O/c1-11-8-15(6-7-17(11)25-3)24-18(20)12(2)23-19(24)13-4-5-14(10-22)16(21)9-13/h4-9H,1-3H3. The van der Waals surface area contributed by atoms with Crippen molar-refractivity contribution in [3.63, 3.8) is 0 Å². The summed E-state index contributed by atoms with van der Waals surface area (Å²) < 4.78 is 21.1. The van der Waals surface area contributed by atoms with E-state index in [2.05, 4.69) is 4.98 Å². The highest BCUT2D eigenvalue weighted by Crippen LogP contribution is 2.32. The molecule has 0 bridgehead atoms. The van der Waals surface area contributed by atoms with Gasteiger partial charge in [-0.3, -0.25) is 4.57 Å². The first-order chi connectivity index (χ1) is 12.0. The van der Waals surface area contributed by atoms with Crippen molar-refractivity contribution in [2.45, 2.75) is 13.8 Å². The number of nitriles is 1. The summed E-state index contributed by atoms with van der Waals surface area (Å²) in [6, 6.07) is 11.8. The minimum atomic E-state index is -0.589. The first-order valence-electron chi connectivity index (χ1n) is 7.56. The smallest absolute Gasteiger partial charge is 0.146 e. The molecule has 0 amide bonds. The Morgan fingerprint density at radius 3 is 2.56 bits per heavy atom. The molecule has 3 aromatic rings. The number of halogens is 2. The summed E-state index contributed by atoms with van der Waals surface area (Å²) in [5.41, 5.74) is 2.91. The van der Waals surface area contributed by atoms with Crippen molar-refractivity contribution in [3.8, 4) is 28.9 Å². The minimum absolute atomic E-state index is 0.00929. The number of aromatic nitrogens is 2. The van der Waals surface area contributed by atoms with Gasteiger partial charge in [-0.1, -0.05) is 11.6 Å². The molecule has 4 nitrogen and oxygen atoms in total. The molecular formula is C19H15ClFN3O. The summed E-state index contributed by atoms with van der Waals surface area (Å²) in [4.78, 5) is 4.48. The van der Waals surface area contributed by atoms with Crippen LogP contribution in [0.4, 0.5) is 4.39 Å². The van der Waals surface area contributed by atoms with Gasteiger partial charge in [-0.05, 0) is 55.8 Å². The van der Waals surface area contributed by atoms with E-state index in [1.807, 2.05) is 31.2 Å². The number of hydrogen-bond donors (Lipinski definition) is 0. The van der Waals surface area contributed by atoms with Crippen LogP contribution in [-0.4, -0.2) is 16.7 Å². The van der Waals surface area contributed by atoms with Crippen molar-refractivity contribution in [2.24, 2.45) is 0 Å². The molecule has 0 radical (unpaired) electrons. The number of ether oxygens (including phenoxy) is 1. The van der Waals surface area contributed by atoms with E-state index in [1.54, 1.807) is 24.7 Å². The van der Waals surface area contributed by atoms with Gasteiger partial charge in [-0.15, -0.1) is 0 Å². The SMILES string of the molecule is COc1ccc(-n2c(-c3ccc(C#N)c(F)c3)nc(C)c2Cl)cc1C. The lowest BCUT2D eigenvalue weighted by molar-refractivity contribution is 0.411. The van der Waals surface area contributed by atoms with Crippen molar-refractivity contribution < 1.29 is 9.13 Å². The molecule has 0 saturated heterocycles. The third-order valence-electron chi connectivity index (χ3n) is 3.96. The van der Waals surface area contributed by atoms with Gasteiger partial charge in [-0.25, -0.2) is 9.37 Å². The largest absolute Gasteiger partial charge is 0.496 e. The molecule has 0 fully saturated rings. The van der Waals surface area contributed by atoms with Crippen molar-refractivity contribution in [2.75, 3.05) is 7.11 Å². The van der Waals surface area contributed by atoms with E-state index in [0.29, 0.717) is 22.2 Å². The number of rotatable bonds is 3. The van der Waals surface area contributed by atoms with Gasteiger partial charge in [0.05, 0.1) is 18.4 Å². The lowest BCUT2D eigenvalue weighted by Gasteiger charge is -2.12. The summed E-state index contributed by atoms with van der Waals surface area (Å²) in [5, 5.41) is 9.35. The summed E-state index contributed by atoms with van der Waals surface area (Å²) in [6.07, 6.45) is 0. The molecule has 0 aliphatic rings. The first kappa shape index (κ1) is 17.0. The van der Waals surface area contributed by atoms with E-state index in [9.17, 15) is 4.39 Å². The topological polar surface area (TPSA) is 50.8 Å². The van der Waals surface area contributed by atoms with Crippen LogP contribution in [0.2, 0.25) is 5.15 Å². The predicted octanol–water partition coefficient (Wildman–Crippen LogP) is 4.83. The highest BCUT2D eigenvalue weighted by Gasteiger charge is 2.18. The molecule has 0 atom stereocenters. The second kappa shape index (κ2) is 6.58. The molecule has 0 saturated carbocycles. The quantitative estimate of drug-likeness (QED) is 0.676. The third-order valence-corrected chi connectivity index (χ3v) is 4.41. The number of methoxy groups -OCH3 is 1. The summed E-state index contributed by atoms with van der Waals surface area (Å²) in [5.74, 6) is 0.687. The molecule has 126 valence electrons. The monoisotopic (exact) mass is 355 g/mol. The molecule has 0 aliphatic heterocycles. The number of imidazole rings is 1. The van der Waals surface area contributed by atoms with Crippen molar-refractivity contribution in [1.82, 2.24) is 9.55 Å². The summed E-state index contributed by atoms with van der Waals surface area (Å²) >= 11 is 6.45. The van der Waals surface area contributed by atoms with Crippen LogP contribution in [0.5, 0.6) is 5.75 Å². The van der Waals surface area contributed by atoms with Gasteiger partial charge in [0.25, 0.3) is 0 Å². The lowest BCUT2D eigenvalue weighted by Crippen LogP contribution is -2.00. The average molecular weight is 356 g/mol. The van der Waals surface area contributed by atoms with Gasteiger partial charge in [-0.2, -0.15) is 5.26 Å². The molecule has 0 aliphatic carbocycles. The van der Waals surface area contributed by atoms with Gasteiger partial charge in [0, 0.05) is 11.3 Å². The fourth-order valence-electron chi connectivity index (χ4n) is 2.69. The van der Waals surface area contributed by atoms with Crippen molar-refractivity contribution in [3.05, 3.63) is 64.2 Å². The Labute approximate surface area is 150 Å². The zero-order chi connectivity index (χ0) is 18.1. The molecule has 25 heavy (non-hydrogen) atoms. The van der Waals surface area contributed by atoms with Gasteiger partial charge in [0.15, 0.2) is 0 Å². The Morgan fingerprint density at radius 1 is 1.20 bits per heavy atom. The van der Waals surface area contributed by atoms with Crippen LogP contribution in [0.1, 0.15) is 16.8 Å². The van der Waals surface area contributed by atoms with Gasteiger partial charge < -0.3 is 4.74 Å². The number of aryl methyl sites for hydroxylation is 2. The van der Waals surface area contributed by atoms with Crippen LogP contribution >= 0.6 is 11.6 Å². The van der Waals surface area contributed by atoms with E-state index in [-0.39, 0.29) is 5.56 Å². The number of benzene rings is 2. The van der Waals surface area contributed by atoms with E-state index >= 15 is 0 Å². The number of nitrogens with zero attached hydrogens (tertiary/aromatic N) is 3. The fraction of sp³-hybridized carbons (Fsp3) is 0.158. The Morgan fingerprint density at radius 2 is 1.96 bits per heavy atom. The average Bonchev–Trinajstić information content (AvgIpc) is 2.90. The highest BCUT2D eigenvalue weighted by atomic mass is 35.5. The molecule has 2 aromatic carbocycles. The lowest BCUT2D eigenvalue weighted by atomic mass is 10.1. The maximum Gasteiger partial charge on any atom is 0.146 e. The zero-order valence-electron chi connectivity index (χ0n) is 14.0. The van der Waals surface area contributed by atoms with Crippen LogP contribution in [-0.2, 0) is 0 Å². The highest BCUT2D eigenvalue weighted by molar-refractivity contribution is 6.30. The Bertz CT molecular complexity index is 1000. The van der Waals surface area contributed by atoms with E-state index < -0.39 is 5.82 Å². The molecule has 6 heteroatoms. The predicted molar refractivity (Wildman–Crippen MR) is 94.7 cm³/mol. The van der Waals surface area contributed by atoms with Gasteiger partial charge in [0.1, 0.15) is 28.6 Å². The Balaban J connectivity index is 2.21. The minimum Gasteiger partial charge on any atom is -0.496 e. The van der Waals surface area contributed by atoms with Crippen LogP contribution in [0.15, 0.2) is 36.4 Å². The van der Waals surface area contributed by atoms with Gasteiger partial charge in [0.2, 0.25) is 0 Å². The second-order valence-electron chi connectivity index (χ2n) is 5.61. The molecular weight excluding hydrogens is 341 g/mol. The van der Waals surface area contributed by atoms with Crippen molar-refractivity contribution >= 4 is 11.6 Å².